The topological polar surface area (TPSA) is 30.7 Å². The first kappa shape index (κ1) is 13.3. The number of aromatic nitrogens is 3. The van der Waals surface area contributed by atoms with Gasteiger partial charge < -0.3 is 0 Å². The molecule has 0 amide bonds. The zero-order valence-electron chi connectivity index (χ0n) is 10.4. The number of pyridine rings is 1. The van der Waals surface area contributed by atoms with Crippen molar-refractivity contribution in [1.82, 2.24) is 14.5 Å². The fourth-order valence-corrected chi connectivity index (χ4v) is 2.47. The van der Waals surface area contributed by atoms with Crippen LogP contribution in [0.4, 0.5) is 4.39 Å². The second-order valence-corrected chi connectivity index (χ2v) is 5.01. The first-order valence-electron chi connectivity index (χ1n) is 6.05. The Hall–Kier alpha value is -1.65. The zero-order valence-corrected chi connectivity index (χ0v) is 11.9. The lowest BCUT2D eigenvalue weighted by Crippen LogP contribution is -2.05. The summed E-state index contributed by atoms with van der Waals surface area (Å²) in [6, 6.07) is 8.47. The summed E-state index contributed by atoms with van der Waals surface area (Å²) in [5, 5.41) is 0.0668. The van der Waals surface area contributed by atoms with E-state index in [4.69, 9.17) is 23.2 Å². The van der Waals surface area contributed by atoms with E-state index in [2.05, 4.69) is 9.97 Å². The molecule has 0 spiro atoms. The fraction of sp³-hybridized carbons (Fsp3) is 0.143. The molecule has 0 saturated carbocycles. The van der Waals surface area contributed by atoms with Crippen molar-refractivity contribution in [3.8, 4) is 5.69 Å². The molecule has 0 fully saturated rings. The average Bonchev–Trinajstić information content (AvgIpc) is 2.80. The highest BCUT2D eigenvalue weighted by molar-refractivity contribution is 6.30. The SMILES string of the molecule is Fc1c(Cl)cccc1-n1c(CCCl)nc2cccnc21. The fourth-order valence-electron chi connectivity index (χ4n) is 2.13. The molecule has 3 aromatic rings. The predicted octanol–water partition coefficient (Wildman–Crippen LogP) is 3.99. The van der Waals surface area contributed by atoms with Gasteiger partial charge in [-0.2, -0.15) is 0 Å². The van der Waals surface area contributed by atoms with Crippen LogP contribution in [0.2, 0.25) is 5.02 Å². The molecule has 0 aliphatic heterocycles. The van der Waals surface area contributed by atoms with E-state index in [1.807, 2.05) is 6.07 Å². The first-order chi connectivity index (χ1) is 9.72. The average molecular weight is 310 g/mol. The van der Waals surface area contributed by atoms with Crippen molar-refractivity contribution in [3.63, 3.8) is 0 Å². The van der Waals surface area contributed by atoms with Gasteiger partial charge in [0.25, 0.3) is 0 Å². The molecule has 3 nitrogen and oxygen atoms in total. The van der Waals surface area contributed by atoms with E-state index in [-0.39, 0.29) is 5.02 Å². The lowest BCUT2D eigenvalue weighted by Gasteiger charge is -2.09. The third kappa shape index (κ3) is 2.15. The standard InChI is InChI=1S/C14H10Cl2FN3/c15-7-6-12-19-10-4-2-8-18-14(10)20(12)11-5-1-3-9(16)13(11)17/h1-5,8H,6-7H2. The molecule has 1 aromatic carbocycles. The molecular weight excluding hydrogens is 300 g/mol. The van der Waals surface area contributed by atoms with E-state index < -0.39 is 5.82 Å². The minimum absolute atomic E-state index is 0.0668. The number of fused-ring (bicyclic) bond motifs is 1. The Bertz CT molecular complexity index is 770. The van der Waals surface area contributed by atoms with Gasteiger partial charge in [-0.15, -0.1) is 11.6 Å². The van der Waals surface area contributed by atoms with Crippen molar-refractivity contribution in [2.24, 2.45) is 0 Å². The van der Waals surface area contributed by atoms with Crippen LogP contribution in [0, 0.1) is 5.82 Å². The Morgan fingerprint density at radius 2 is 2.05 bits per heavy atom. The van der Waals surface area contributed by atoms with Crippen molar-refractivity contribution in [3.05, 3.63) is 53.2 Å². The summed E-state index contributed by atoms with van der Waals surface area (Å²) in [6.45, 7) is 0. The second kappa shape index (κ2) is 5.38. The van der Waals surface area contributed by atoms with Gasteiger partial charge >= 0.3 is 0 Å². The molecule has 0 bridgehead atoms. The maximum Gasteiger partial charge on any atom is 0.165 e. The third-order valence-electron chi connectivity index (χ3n) is 2.98. The number of benzene rings is 1. The number of hydrogen-bond donors (Lipinski definition) is 0. The molecule has 2 aromatic heterocycles. The number of hydrogen-bond acceptors (Lipinski definition) is 2. The van der Waals surface area contributed by atoms with Gasteiger partial charge in [0.05, 0.1) is 10.7 Å². The van der Waals surface area contributed by atoms with Crippen LogP contribution < -0.4 is 0 Å². The van der Waals surface area contributed by atoms with Crippen LogP contribution in [-0.2, 0) is 6.42 Å². The highest BCUT2D eigenvalue weighted by Gasteiger charge is 2.17. The normalized spacial score (nSPS) is 11.2. The molecule has 6 heteroatoms. The molecule has 3 rings (SSSR count). The largest absolute Gasteiger partial charge is 0.278 e. The lowest BCUT2D eigenvalue weighted by atomic mass is 10.3. The van der Waals surface area contributed by atoms with Gasteiger partial charge in [0.15, 0.2) is 11.5 Å². The van der Waals surface area contributed by atoms with Gasteiger partial charge in [0.2, 0.25) is 0 Å². The Morgan fingerprint density at radius 1 is 1.20 bits per heavy atom. The number of rotatable bonds is 3. The van der Waals surface area contributed by atoms with Gasteiger partial charge in [0, 0.05) is 18.5 Å². The Morgan fingerprint density at radius 3 is 2.85 bits per heavy atom. The minimum atomic E-state index is -0.491. The molecule has 0 atom stereocenters. The quantitative estimate of drug-likeness (QED) is 0.685. The van der Waals surface area contributed by atoms with E-state index in [0.29, 0.717) is 35.0 Å². The van der Waals surface area contributed by atoms with Gasteiger partial charge in [-0.3, -0.25) is 4.57 Å². The van der Waals surface area contributed by atoms with E-state index in [1.54, 1.807) is 29.0 Å². The summed E-state index contributed by atoms with van der Waals surface area (Å²) < 4.78 is 15.9. The van der Waals surface area contributed by atoms with Gasteiger partial charge in [-0.1, -0.05) is 17.7 Å². The summed E-state index contributed by atoms with van der Waals surface area (Å²) in [4.78, 5) is 8.73. The highest BCUT2D eigenvalue weighted by atomic mass is 35.5. The van der Waals surface area contributed by atoms with Crippen molar-refractivity contribution >= 4 is 34.4 Å². The van der Waals surface area contributed by atoms with Crippen LogP contribution in [-0.4, -0.2) is 20.4 Å². The number of nitrogens with zero attached hydrogens (tertiary/aromatic N) is 3. The zero-order chi connectivity index (χ0) is 14.1. The maximum absolute atomic E-state index is 14.3. The number of aryl methyl sites for hydroxylation is 1. The van der Waals surface area contributed by atoms with Crippen molar-refractivity contribution in [2.45, 2.75) is 6.42 Å². The van der Waals surface area contributed by atoms with Crippen LogP contribution >= 0.6 is 23.2 Å². The van der Waals surface area contributed by atoms with E-state index in [1.165, 1.54) is 6.07 Å². The smallest absolute Gasteiger partial charge is 0.165 e. The van der Waals surface area contributed by atoms with Crippen molar-refractivity contribution < 1.29 is 4.39 Å². The van der Waals surface area contributed by atoms with Crippen LogP contribution in [0.1, 0.15) is 5.82 Å². The van der Waals surface area contributed by atoms with Gasteiger partial charge in [-0.25, -0.2) is 14.4 Å². The molecule has 102 valence electrons. The monoisotopic (exact) mass is 309 g/mol. The second-order valence-electron chi connectivity index (χ2n) is 4.22. The molecule has 0 unspecified atom stereocenters. The van der Waals surface area contributed by atoms with Crippen LogP contribution in [0.25, 0.3) is 16.9 Å². The molecule has 0 aliphatic rings. The van der Waals surface area contributed by atoms with Crippen molar-refractivity contribution in [1.29, 1.82) is 0 Å². The van der Waals surface area contributed by atoms with Crippen LogP contribution in [0.15, 0.2) is 36.5 Å². The van der Waals surface area contributed by atoms with E-state index in [9.17, 15) is 4.39 Å². The highest BCUT2D eigenvalue weighted by Crippen LogP contribution is 2.26. The van der Waals surface area contributed by atoms with Crippen LogP contribution in [0.3, 0.4) is 0 Å². The summed E-state index contributed by atoms with van der Waals surface area (Å²) in [6.07, 6.45) is 2.16. The number of imidazole rings is 1. The van der Waals surface area contributed by atoms with Crippen molar-refractivity contribution in [2.75, 3.05) is 5.88 Å². The predicted molar refractivity (Wildman–Crippen MR) is 78.3 cm³/mol. The molecule has 0 aliphatic carbocycles. The van der Waals surface area contributed by atoms with E-state index >= 15 is 0 Å². The Kier molecular flexibility index (Phi) is 3.59. The summed E-state index contributed by atoms with van der Waals surface area (Å²) in [5.41, 5.74) is 1.62. The summed E-state index contributed by atoms with van der Waals surface area (Å²) in [5.74, 6) is 0.565. The first-order valence-corrected chi connectivity index (χ1v) is 6.96. The molecule has 0 radical (unpaired) electrons. The molecular formula is C14H10Cl2FN3. The molecule has 2 heterocycles. The molecule has 0 saturated heterocycles. The van der Waals surface area contributed by atoms with Gasteiger partial charge in [0.1, 0.15) is 11.3 Å². The number of halogens is 3. The van der Waals surface area contributed by atoms with Gasteiger partial charge in [-0.05, 0) is 24.3 Å². The Balaban J connectivity index is 2.33. The van der Waals surface area contributed by atoms with E-state index in [0.717, 1.165) is 0 Å². The van der Waals surface area contributed by atoms with Crippen LogP contribution in [0.5, 0.6) is 0 Å². The minimum Gasteiger partial charge on any atom is -0.278 e. The lowest BCUT2D eigenvalue weighted by molar-refractivity contribution is 0.617. The molecule has 20 heavy (non-hydrogen) atoms. The maximum atomic E-state index is 14.3. The third-order valence-corrected chi connectivity index (χ3v) is 3.46. The summed E-state index contributed by atoms with van der Waals surface area (Å²) in [7, 11) is 0. The number of alkyl halides is 1. The molecule has 0 N–H and O–H groups in total. The Labute approximate surface area is 125 Å². The summed E-state index contributed by atoms with van der Waals surface area (Å²) >= 11 is 11.7.